The summed E-state index contributed by atoms with van der Waals surface area (Å²) in [5.41, 5.74) is 1.02. The zero-order valence-electron chi connectivity index (χ0n) is 15.1. The van der Waals surface area contributed by atoms with Gasteiger partial charge in [0.2, 0.25) is 0 Å². The van der Waals surface area contributed by atoms with Crippen molar-refractivity contribution in [3.05, 3.63) is 0 Å². The van der Waals surface area contributed by atoms with Crippen LogP contribution in [0.2, 0.25) is 0 Å². The molecular formula is C18H38N2. The lowest BCUT2D eigenvalue weighted by Crippen LogP contribution is -2.52. The van der Waals surface area contributed by atoms with Gasteiger partial charge in [0.15, 0.2) is 0 Å². The van der Waals surface area contributed by atoms with Gasteiger partial charge in [-0.2, -0.15) is 0 Å². The van der Waals surface area contributed by atoms with E-state index >= 15 is 0 Å². The molecule has 1 rings (SSSR count). The molecule has 1 N–H and O–H groups in total. The van der Waals surface area contributed by atoms with E-state index in [1.54, 1.807) is 0 Å². The van der Waals surface area contributed by atoms with E-state index in [0.29, 0.717) is 11.0 Å². The molecule has 0 bridgehead atoms. The van der Waals surface area contributed by atoms with E-state index < -0.39 is 0 Å². The van der Waals surface area contributed by atoms with Gasteiger partial charge in [-0.1, -0.05) is 26.2 Å². The zero-order valence-corrected chi connectivity index (χ0v) is 15.1. The molecule has 120 valence electrons. The van der Waals surface area contributed by atoms with Crippen LogP contribution in [0, 0.1) is 5.41 Å². The van der Waals surface area contributed by atoms with E-state index in [1.807, 2.05) is 0 Å². The maximum atomic E-state index is 3.78. The second-order valence-electron chi connectivity index (χ2n) is 8.69. The molecule has 0 spiro atoms. The van der Waals surface area contributed by atoms with Crippen LogP contribution in [0.5, 0.6) is 0 Å². The lowest BCUT2D eigenvalue weighted by Gasteiger charge is -2.46. The third kappa shape index (κ3) is 5.37. The molecule has 2 nitrogen and oxygen atoms in total. The zero-order chi connectivity index (χ0) is 15.4. The van der Waals surface area contributed by atoms with Crippen molar-refractivity contribution in [2.24, 2.45) is 5.41 Å². The summed E-state index contributed by atoms with van der Waals surface area (Å²) in [7, 11) is 2.32. The van der Waals surface area contributed by atoms with E-state index in [9.17, 15) is 0 Å². The van der Waals surface area contributed by atoms with Crippen LogP contribution in [0.15, 0.2) is 0 Å². The molecule has 20 heavy (non-hydrogen) atoms. The highest BCUT2D eigenvalue weighted by atomic mass is 15.2. The number of hydrogen-bond donors (Lipinski definition) is 1. The van der Waals surface area contributed by atoms with Crippen LogP contribution in [0.3, 0.4) is 0 Å². The summed E-state index contributed by atoms with van der Waals surface area (Å²) in [4.78, 5) is 2.60. The van der Waals surface area contributed by atoms with Crippen LogP contribution < -0.4 is 5.32 Å². The fourth-order valence-electron chi connectivity index (χ4n) is 3.13. The van der Waals surface area contributed by atoms with Gasteiger partial charge in [0.1, 0.15) is 0 Å². The first-order valence-corrected chi connectivity index (χ1v) is 8.57. The molecule has 0 atom stereocenters. The van der Waals surface area contributed by atoms with Crippen LogP contribution in [0.4, 0.5) is 0 Å². The van der Waals surface area contributed by atoms with Crippen molar-refractivity contribution in [2.45, 2.75) is 91.1 Å². The minimum Gasteiger partial charge on any atom is -0.311 e. The third-order valence-corrected chi connectivity index (χ3v) is 5.38. The smallest absolute Gasteiger partial charge is 0.0147 e. The second-order valence-corrected chi connectivity index (χ2v) is 8.69. The van der Waals surface area contributed by atoms with Gasteiger partial charge in [0.05, 0.1) is 0 Å². The molecule has 1 aliphatic rings. The van der Waals surface area contributed by atoms with E-state index in [2.05, 4.69) is 58.8 Å². The van der Waals surface area contributed by atoms with Crippen LogP contribution in [0.1, 0.15) is 80.1 Å². The Labute approximate surface area is 127 Å². The summed E-state index contributed by atoms with van der Waals surface area (Å²) in [6.07, 6.45) is 8.24. The average molecular weight is 283 g/mol. The molecule has 0 radical (unpaired) electrons. The van der Waals surface area contributed by atoms with Gasteiger partial charge in [-0.05, 0) is 66.3 Å². The molecule has 1 saturated carbocycles. The van der Waals surface area contributed by atoms with Gasteiger partial charge in [-0.15, -0.1) is 0 Å². The van der Waals surface area contributed by atoms with Crippen molar-refractivity contribution in [2.75, 3.05) is 20.1 Å². The standard InChI is InChI=1S/C18H38N2/c1-8-17(5,6)20(7)15-18(12-10-9-11-13-18)14-19-16(2,3)4/h19H,8-15H2,1-7H3. The first kappa shape index (κ1) is 18.0. The molecule has 0 saturated heterocycles. The topological polar surface area (TPSA) is 15.3 Å². The average Bonchev–Trinajstić information content (AvgIpc) is 2.37. The van der Waals surface area contributed by atoms with E-state index in [4.69, 9.17) is 0 Å². The Morgan fingerprint density at radius 3 is 2.00 bits per heavy atom. The van der Waals surface area contributed by atoms with Crippen molar-refractivity contribution < 1.29 is 0 Å². The van der Waals surface area contributed by atoms with Crippen LogP contribution in [-0.4, -0.2) is 36.1 Å². The minimum atomic E-state index is 0.225. The van der Waals surface area contributed by atoms with Crippen molar-refractivity contribution in [3.8, 4) is 0 Å². The number of rotatable bonds is 6. The number of nitrogens with one attached hydrogen (secondary N) is 1. The highest BCUT2D eigenvalue weighted by molar-refractivity contribution is 4.92. The van der Waals surface area contributed by atoms with Crippen molar-refractivity contribution >= 4 is 0 Å². The van der Waals surface area contributed by atoms with Crippen LogP contribution in [0.25, 0.3) is 0 Å². The van der Waals surface area contributed by atoms with Crippen LogP contribution in [-0.2, 0) is 0 Å². The molecular weight excluding hydrogens is 244 g/mol. The van der Waals surface area contributed by atoms with Gasteiger partial charge >= 0.3 is 0 Å². The van der Waals surface area contributed by atoms with Crippen molar-refractivity contribution in [1.29, 1.82) is 0 Å². The van der Waals surface area contributed by atoms with Gasteiger partial charge in [0, 0.05) is 24.2 Å². The van der Waals surface area contributed by atoms with E-state index in [-0.39, 0.29) is 5.54 Å². The maximum Gasteiger partial charge on any atom is 0.0147 e. The molecule has 0 heterocycles. The lowest BCUT2D eigenvalue weighted by atomic mass is 9.72. The normalized spacial score (nSPS) is 20.4. The summed E-state index contributed by atoms with van der Waals surface area (Å²) in [5, 5.41) is 3.78. The summed E-state index contributed by atoms with van der Waals surface area (Å²) in [6, 6.07) is 0. The monoisotopic (exact) mass is 282 g/mol. The van der Waals surface area contributed by atoms with Crippen molar-refractivity contribution in [3.63, 3.8) is 0 Å². The SMILES string of the molecule is CCC(C)(C)N(C)CC1(CNC(C)(C)C)CCCCC1. The first-order valence-electron chi connectivity index (χ1n) is 8.57. The molecule has 2 heteroatoms. The molecule has 1 aliphatic carbocycles. The quantitative estimate of drug-likeness (QED) is 0.774. The Morgan fingerprint density at radius 2 is 1.55 bits per heavy atom. The van der Waals surface area contributed by atoms with E-state index in [1.165, 1.54) is 51.6 Å². The molecule has 0 aromatic rings. The Morgan fingerprint density at radius 1 is 1.00 bits per heavy atom. The predicted molar refractivity (Wildman–Crippen MR) is 90.3 cm³/mol. The Bertz CT molecular complexity index is 282. The van der Waals surface area contributed by atoms with Crippen molar-refractivity contribution in [1.82, 2.24) is 10.2 Å². The maximum absolute atomic E-state index is 3.78. The largest absolute Gasteiger partial charge is 0.311 e. The van der Waals surface area contributed by atoms with Gasteiger partial charge in [-0.3, -0.25) is 0 Å². The molecule has 0 amide bonds. The number of nitrogens with zero attached hydrogens (tertiary/aromatic N) is 1. The fourth-order valence-corrected chi connectivity index (χ4v) is 3.13. The Balaban J connectivity index is 2.73. The molecule has 0 aliphatic heterocycles. The van der Waals surface area contributed by atoms with E-state index in [0.717, 1.165) is 0 Å². The number of hydrogen-bond acceptors (Lipinski definition) is 2. The van der Waals surface area contributed by atoms with Crippen LogP contribution >= 0.6 is 0 Å². The van der Waals surface area contributed by atoms with Gasteiger partial charge in [-0.25, -0.2) is 0 Å². The Hall–Kier alpha value is -0.0800. The summed E-state index contributed by atoms with van der Waals surface area (Å²) in [5.74, 6) is 0. The molecule has 0 aromatic heterocycles. The highest BCUT2D eigenvalue weighted by Gasteiger charge is 2.36. The predicted octanol–water partition coefficient (Wildman–Crippen LogP) is 4.45. The third-order valence-electron chi connectivity index (χ3n) is 5.38. The highest BCUT2D eigenvalue weighted by Crippen LogP contribution is 2.38. The summed E-state index contributed by atoms with van der Waals surface area (Å²) < 4.78 is 0. The fraction of sp³-hybridized carbons (Fsp3) is 1.00. The van der Waals surface area contributed by atoms with Gasteiger partial charge < -0.3 is 10.2 Å². The summed E-state index contributed by atoms with van der Waals surface area (Å²) in [6.45, 7) is 16.3. The van der Waals surface area contributed by atoms with Gasteiger partial charge in [0.25, 0.3) is 0 Å². The molecule has 0 aromatic carbocycles. The lowest BCUT2D eigenvalue weighted by molar-refractivity contribution is 0.0523. The minimum absolute atomic E-state index is 0.225. The summed E-state index contributed by atoms with van der Waals surface area (Å²) >= 11 is 0. The molecule has 1 fully saturated rings. The molecule has 0 unspecified atom stereocenters. The Kier molecular flexibility index (Phi) is 6.10. The second kappa shape index (κ2) is 6.79. The first-order chi connectivity index (χ1) is 9.10.